The van der Waals surface area contributed by atoms with Gasteiger partial charge in [0.05, 0.1) is 0 Å². The molecular weight excluding hydrogens is 476 g/mol. The highest BCUT2D eigenvalue weighted by Crippen LogP contribution is 2.33. The second-order valence-corrected chi connectivity index (χ2v) is 9.27. The van der Waals surface area contributed by atoms with E-state index in [2.05, 4.69) is 5.32 Å². The predicted octanol–water partition coefficient (Wildman–Crippen LogP) is 5.17. The fourth-order valence-electron chi connectivity index (χ4n) is 4.24. The van der Waals surface area contributed by atoms with Gasteiger partial charge in [0.2, 0.25) is 18.6 Å². The van der Waals surface area contributed by atoms with Crippen molar-refractivity contribution >= 4 is 23.4 Å². The summed E-state index contributed by atoms with van der Waals surface area (Å²) >= 11 is 6.23. The van der Waals surface area contributed by atoms with Crippen LogP contribution in [0.3, 0.4) is 0 Å². The van der Waals surface area contributed by atoms with Gasteiger partial charge in [-0.1, -0.05) is 67.1 Å². The van der Waals surface area contributed by atoms with Crippen LogP contribution in [0.25, 0.3) is 0 Å². The van der Waals surface area contributed by atoms with E-state index < -0.39 is 6.04 Å². The molecule has 1 N–H and O–H groups in total. The molecule has 1 heterocycles. The van der Waals surface area contributed by atoms with Gasteiger partial charge < -0.3 is 19.7 Å². The molecule has 1 unspecified atom stereocenters. The van der Waals surface area contributed by atoms with E-state index in [0.717, 1.165) is 23.1 Å². The van der Waals surface area contributed by atoms with Gasteiger partial charge in [-0.25, -0.2) is 0 Å². The number of amides is 2. The topological polar surface area (TPSA) is 67.9 Å². The van der Waals surface area contributed by atoms with Gasteiger partial charge >= 0.3 is 0 Å². The Morgan fingerprint density at radius 1 is 0.944 bits per heavy atom. The Morgan fingerprint density at radius 2 is 1.72 bits per heavy atom. The number of hydrogen-bond donors (Lipinski definition) is 1. The van der Waals surface area contributed by atoms with Gasteiger partial charge in [0.1, 0.15) is 6.04 Å². The summed E-state index contributed by atoms with van der Waals surface area (Å²) in [5.74, 6) is 1.15. The van der Waals surface area contributed by atoms with Crippen LogP contribution >= 0.6 is 11.6 Å². The highest BCUT2D eigenvalue weighted by molar-refractivity contribution is 6.30. The molecule has 3 aromatic rings. The highest BCUT2D eigenvalue weighted by atomic mass is 35.5. The Balaban J connectivity index is 1.58. The van der Waals surface area contributed by atoms with Gasteiger partial charge in [-0.3, -0.25) is 9.59 Å². The maximum Gasteiger partial charge on any atom is 0.243 e. The maximum absolute atomic E-state index is 13.7. The number of carbonyl (C=O) groups is 2. The van der Waals surface area contributed by atoms with Crippen molar-refractivity contribution < 1.29 is 19.1 Å². The van der Waals surface area contributed by atoms with E-state index in [1.54, 1.807) is 11.0 Å². The summed E-state index contributed by atoms with van der Waals surface area (Å²) in [6.45, 7) is 3.06. The van der Waals surface area contributed by atoms with Gasteiger partial charge in [0, 0.05) is 31.0 Å². The lowest BCUT2D eigenvalue weighted by molar-refractivity contribution is -0.141. The molecule has 1 aliphatic heterocycles. The molecule has 3 aromatic carbocycles. The van der Waals surface area contributed by atoms with Crippen LogP contribution in [-0.2, 0) is 29.0 Å². The van der Waals surface area contributed by atoms with Crippen molar-refractivity contribution in [1.82, 2.24) is 10.2 Å². The van der Waals surface area contributed by atoms with Crippen LogP contribution in [0.1, 0.15) is 36.5 Å². The van der Waals surface area contributed by atoms with Crippen LogP contribution in [0.2, 0.25) is 5.02 Å². The quantitative estimate of drug-likeness (QED) is 0.389. The summed E-state index contributed by atoms with van der Waals surface area (Å²) in [7, 11) is 0. The fourth-order valence-corrected chi connectivity index (χ4v) is 4.46. The average Bonchev–Trinajstić information content (AvgIpc) is 3.36. The Hall–Kier alpha value is -3.51. The van der Waals surface area contributed by atoms with Crippen molar-refractivity contribution in [3.05, 3.63) is 94.5 Å². The van der Waals surface area contributed by atoms with Crippen molar-refractivity contribution in [2.45, 2.75) is 45.2 Å². The van der Waals surface area contributed by atoms with E-state index in [4.69, 9.17) is 21.1 Å². The zero-order valence-electron chi connectivity index (χ0n) is 20.4. The van der Waals surface area contributed by atoms with Crippen molar-refractivity contribution in [1.29, 1.82) is 0 Å². The third kappa shape index (κ3) is 6.79. The first kappa shape index (κ1) is 25.6. The summed E-state index contributed by atoms with van der Waals surface area (Å²) in [5, 5.41) is 3.59. The van der Waals surface area contributed by atoms with Crippen LogP contribution in [0.4, 0.5) is 0 Å². The Labute approximate surface area is 217 Å². The third-order valence-electron chi connectivity index (χ3n) is 6.13. The highest BCUT2D eigenvalue weighted by Gasteiger charge is 2.30. The van der Waals surface area contributed by atoms with Gasteiger partial charge in [0.15, 0.2) is 11.5 Å². The number of rotatable bonds is 11. The Kier molecular flexibility index (Phi) is 8.85. The summed E-state index contributed by atoms with van der Waals surface area (Å²) in [5.41, 5.74) is 2.85. The van der Waals surface area contributed by atoms with Gasteiger partial charge in [0.25, 0.3) is 0 Å². The van der Waals surface area contributed by atoms with Crippen LogP contribution in [0, 0.1) is 0 Å². The molecule has 0 saturated carbocycles. The van der Waals surface area contributed by atoms with E-state index in [1.165, 1.54) is 0 Å². The number of benzene rings is 3. The molecule has 1 atom stereocenters. The van der Waals surface area contributed by atoms with Crippen molar-refractivity contribution in [2.24, 2.45) is 0 Å². The minimum absolute atomic E-state index is 0.0970. The first-order valence-electron chi connectivity index (χ1n) is 12.3. The molecule has 1 aliphatic rings. The number of carbonyl (C=O) groups excluding carboxylic acids is 2. The second-order valence-electron chi connectivity index (χ2n) is 8.84. The Bertz CT molecular complexity index is 1180. The predicted molar refractivity (Wildman–Crippen MR) is 140 cm³/mol. The second kappa shape index (κ2) is 12.5. The van der Waals surface area contributed by atoms with Crippen LogP contribution in [-0.4, -0.2) is 36.1 Å². The molecule has 7 heteroatoms. The molecule has 0 radical (unpaired) electrons. The molecule has 36 heavy (non-hydrogen) atoms. The van der Waals surface area contributed by atoms with Crippen LogP contribution in [0.15, 0.2) is 72.8 Å². The number of fused-ring (bicyclic) bond motifs is 1. The minimum Gasteiger partial charge on any atom is -0.454 e. The number of nitrogens with one attached hydrogen (secondary N) is 1. The molecule has 0 bridgehead atoms. The first-order chi connectivity index (χ1) is 17.5. The molecule has 0 fully saturated rings. The van der Waals surface area contributed by atoms with E-state index in [9.17, 15) is 9.59 Å². The molecule has 0 aliphatic carbocycles. The molecule has 4 rings (SSSR count). The fraction of sp³-hybridized carbons (Fsp3) is 0.310. The number of aryl methyl sites for hydroxylation is 1. The molecular formula is C29H31ClN2O4. The van der Waals surface area contributed by atoms with E-state index >= 15 is 0 Å². The number of nitrogens with zero attached hydrogens (tertiary/aromatic N) is 1. The zero-order valence-corrected chi connectivity index (χ0v) is 21.2. The lowest BCUT2D eigenvalue weighted by Crippen LogP contribution is -2.50. The van der Waals surface area contributed by atoms with E-state index in [0.29, 0.717) is 35.9 Å². The summed E-state index contributed by atoms with van der Waals surface area (Å²) in [4.78, 5) is 28.7. The van der Waals surface area contributed by atoms with E-state index in [1.807, 2.05) is 73.7 Å². The molecule has 0 saturated heterocycles. The summed E-state index contributed by atoms with van der Waals surface area (Å²) < 4.78 is 10.9. The zero-order chi connectivity index (χ0) is 25.3. The minimum atomic E-state index is -0.651. The normalized spacial score (nSPS) is 12.7. The molecule has 6 nitrogen and oxygen atoms in total. The van der Waals surface area contributed by atoms with E-state index in [-0.39, 0.29) is 31.6 Å². The molecule has 188 valence electrons. The largest absolute Gasteiger partial charge is 0.454 e. The van der Waals surface area contributed by atoms with Gasteiger partial charge in [-0.15, -0.1) is 0 Å². The molecule has 0 spiro atoms. The monoisotopic (exact) mass is 506 g/mol. The van der Waals surface area contributed by atoms with Crippen molar-refractivity contribution in [3.63, 3.8) is 0 Å². The van der Waals surface area contributed by atoms with Gasteiger partial charge in [-0.05, 0) is 53.8 Å². The standard InChI is InChI=1S/C29H31ClN2O4/c1-2-15-31-29(34)25(17-21-7-4-3-5-8-21)32(19-23-9-6-10-24(30)16-23)28(33)14-12-22-11-13-26-27(18-22)36-20-35-26/h3-11,13,16,18,25H,2,12,14-15,17,19-20H2,1H3,(H,31,34). The van der Waals surface area contributed by atoms with Crippen LogP contribution < -0.4 is 14.8 Å². The summed E-state index contributed by atoms with van der Waals surface area (Å²) in [6, 6.07) is 22.3. The first-order valence-corrected chi connectivity index (χ1v) is 12.7. The maximum atomic E-state index is 13.7. The third-order valence-corrected chi connectivity index (χ3v) is 6.36. The van der Waals surface area contributed by atoms with Gasteiger partial charge in [-0.2, -0.15) is 0 Å². The number of halogens is 1. The smallest absolute Gasteiger partial charge is 0.243 e. The SMILES string of the molecule is CCCNC(=O)C(Cc1ccccc1)N(Cc1cccc(Cl)c1)C(=O)CCc1ccc2c(c1)OCO2. The van der Waals surface area contributed by atoms with Crippen molar-refractivity contribution in [3.8, 4) is 11.5 Å². The van der Waals surface area contributed by atoms with Crippen LogP contribution in [0.5, 0.6) is 11.5 Å². The molecule has 2 amide bonds. The average molecular weight is 507 g/mol. The number of hydrogen-bond acceptors (Lipinski definition) is 4. The summed E-state index contributed by atoms with van der Waals surface area (Å²) in [6.07, 6.45) is 2.02. The number of ether oxygens (including phenoxy) is 2. The van der Waals surface area contributed by atoms with Crippen molar-refractivity contribution in [2.75, 3.05) is 13.3 Å². The Morgan fingerprint density at radius 3 is 2.50 bits per heavy atom. The lowest BCUT2D eigenvalue weighted by Gasteiger charge is -2.31. The molecule has 0 aromatic heterocycles. The lowest BCUT2D eigenvalue weighted by atomic mass is 10.0.